The Morgan fingerprint density at radius 1 is 1.00 bits per heavy atom. The van der Waals surface area contributed by atoms with Crippen molar-refractivity contribution in [3.8, 4) is 0 Å². The van der Waals surface area contributed by atoms with Crippen molar-refractivity contribution in [1.82, 2.24) is 14.9 Å². The third kappa shape index (κ3) is 5.54. The van der Waals surface area contributed by atoms with Crippen LogP contribution < -0.4 is 15.5 Å². The lowest BCUT2D eigenvalue weighted by molar-refractivity contribution is -0.137. The lowest BCUT2D eigenvalue weighted by Gasteiger charge is -2.34. The molecule has 2 aromatic carbocycles. The van der Waals surface area contributed by atoms with Gasteiger partial charge in [0, 0.05) is 66.7 Å². The standard InChI is InChI=1S/C27H27F3N6O/c1-17-3-4-21(15-24(17)34-26(37)19-11-18-5-6-31-25(18)32-16-19)33-22-12-20(27(28,29)30)13-23(14-22)36-9-7-35(2)8-10-36/h3-6,11-16,33H,7-10H2,1-2H3,(H,31,32)(H,34,37). The molecule has 0 aliphatic carbocycles. The maximum atomic E-state index is 13.7. The van der Waals surface area contributed by atoms with Crippen LogP contribution in [-0.2, 0) is 6.18 Å². The molecule has 1 aliphatic heterocycles. The molecule has 1 saturated heterocycles. The van der Waals surface area contributed by atoms with Gasteiger partial charge >= 0.3 is 6.18 Å². The number of hydrogen-bond donors (Lipinski definition) is 3. The second-order valence-electron chi connectivity index (χ2n) is 9.30. The minimum atomic E-state index is -4.47. The van der Waals surface area contributed by atoms with E-state index in [-0.39, 0.29) is 5.91 Å². The van der Waals surface area contributed by atoms with Crippen molar-refractivity contribution >= 4 is 39.7 Å². The van der Waals surface area contributed by atoms with Crippen LogP contribution in [0.5, 0.6) is 0 Å². The second-order valence-corrected chi connectivity index (χ2v) is 9.30. The minimum Gasteiger partial charge on any atom is -0.369 e. The van der Waals surface area contributed by atoms with Crippen LogP contribution in [0.2, 0.25) is 0 Å². The highest BCUT2D eigenvalue weighted by Gasteiger charge is 2.32. The molecule has 0 atom stereocenters. The topological polar surface area (TPSA) is 76.3 Å². The number of piperazine rings is 1. The van der Waals surface area contributed by atoms with E-state index in [2.05, 4.69) is 25.5 Å². The van der Waals surface area contributed by atoms with Gasteiger partial charge in [-0.15, -0.1) is 0 Å². The summed E-state index contributed by atoms with van der Waals surface area (Å²) in [6.07, 6.45) is -1.23. The molecule has 0 bridgehead atoms. The van der Waals surface area contributed by atoms with E-state index in [1.165, 1.54) is 12.3 Å². The molecule has 1 amide bonds. The van der Waals surface area contributed by atoms with Crippen molar-refractivity contribution in [2.45, 2.75) is 13.1 Å². The number of halogens is 3. The van der Waals surface area contributed by atoms with Gasteiger partial charge in [0.15, 0.2) is 0 Å². The number of rotatable bonds is 5. The normalized spacial score (nSPS) is 14.7. The number of alkyl halides is 3. The number of carbonyl (C=O) groups excluding carboxylic acids is 1. The Balaban J connectivity index is 1.39. The summed E-state index contributed by atoms with van der Waals surface area (Å²) < 4.78 is 41.1. The Morgan fingerprint density at radius 2 is 1.78 bits per heavy atom. The lowest BCUT2D eigenvalue weighted by atomic mass is 10.1. The van der Waals surface area contributed by atoms with Crippen molar-refractivity contribution < 1.29 is 18.0 Å². The number of anilines is 4. The number of pyridine rings is 1. The van der Waals surface area contributed by atoms with Crippen molar-refractivity contribution in [2.24, 2.45) is 0 Å². The van der Waals surface area contributed by atoms with Gasteiger partial charge in [-0.1, -0.05) is 6.07 Å². The van der Waals surface area contributed by atoms with Gasteiger partial charge in [0.05, 0.1) is 11.1 Å². The zero-order valence-electron chi connectivity index (χ0n) is 20.5. The van der Waals surface area contributed by atoms with E-state index in [1.54, 1.807) is 36.5 Å². The third-order valence-corrected chi connectivity index (χ3v) is 6.55. The van der Waals surface area contributed by atoms with E-state index in [0.29, 0.717) is 47.0 Å². The number of aryl methyl sites for hydroxylation is 1. The lowest BCUT2D eigenvalue weighted by Crippen LogP contribution is -2.44. The molecule has 7 nitrogen and oxygen atoms in total. The van der Waals surface area contributed by atoms with E-state index >= 15 is 0 Å². The number of aromatic nitrogens is 2. The molecule has 0 spiro atoms. The third-order valence-electron chi connectivity index (χ3n) is 6.55. The Hall–Kier alpha value is -4.05. The zero-order valence-corrected chi connectivity index (χ0v) is 20.5. The molecule has 192 valence electrons. The second kappa shape index (κ2) is 9.78. The Morgan fingerprint density at radius 3 is 2.54 bits per heavy atom. The van der Waals surface area contributed by atoms with Gasteiger partial charge in [-0.05, 0) is 62.0 Å². The number of likely N-dealkylation sites (N-methyl/N-ethyl adjacent to an activating group) is 1. The van der Waals surface area contributed by atoms with E-state index < -0.39 is 11.7 Å². The molecule has 0 unspecified atom stereocenters. The van der Waals surface area contributed by atoms with Gasteiger partial charge in [-0.25, -0.2) is 4.98 Å². The summed E-state index contributed by atoms with van der Waals surface area (Å²) >= 11 is 0. The van der Waals surface area contributed by atoms with Crippen LogP contribution in [-0.4, -0.2) is 54.0 Å². The highest BCUT2D eigenvalue weighted by molar-refractivity contribution is 6.06. The number of H-pyrrole nitrogens is 1. The Kier molecular flexibility index (Phi) is 6.51. The van der Waals surface area contributed by atoms with Crippen molar-refractivity contribution in [1.29, 1.82) is 0 Å². The SMILES string of the molecule is Cc1ccc(Nc2cc(N3CCN(C)CC3)cc(C(F)(F)F)c2)cc1NC(=O)c1cnc2[nH]ccc2c1. The van der Waals surface area contributed by atoms with E-state index in [4.69, 9.17) is 0 Å². The molecular formula is C27H27F3N6O. The molecule has 5 rings (SSSR count). The fraction of sp³-hybridized carbons (Fsp3) is 0.259. The van der Waals surface area contributed by atoms with Gasteiger partial charge in [0.2, 0.25) is 0 Å². The smallest absolute Gasteiger partial charge is 0.369 e. The first-order chi connectivity index (χ1) is 17.7. The molecule has 0 saturated carbocycles. The van der Waals surface area contributed by atoms with Gasteiger partial charge in [-0.3, -0.25) is 4.79 Å². The number of benzene rings is 2. The van der Waals surface area contributed by atoms with Crippen LogP contribution in [0.4, 0.5) is 35.9 Å². The zero-order chi connectivity index (χ0) is 26.2. The maximum Gasteiger partial charge on any atom is 0.416 e. The van der Waals surface area contributed by atoms with Gasteiger partial charge in [-0.2, -0.15) is 13.2 Å². The maximum absolute atomic E-state index is 13.7. The largest absolute Gasteiger partial charge is 0.416 e. The molecular weight excluding hydrogens is 481 g/mol. The molecule has 2 aromatic heterocycles. The van der Waals surface area contributed by atoms with Crippen LogP contribution >= 0.6 is 0 Å². The summed E-state index contributed by atoms with van der Waals surface area (Å²) in [6.45, 7) is 4.73. The monoisotopic (exact) mass is 508 g/mol. The first-order valence-corrected chi connectivity index (χ1v) is 11.9. The molecule has 4 aromatic rings. The highest BCUT2D eigenvalue weighted by atomic mass is 19.4. The quantitative estimate of drug-likeness (QED) is 0.325. The summed E-state index contributed by atoms with van der Waals surface area (Å²) in [7, 11) is 2.00. The summed E-state index contributed by atoms with van der Waals surface area (Å²) in [5.41, 5.74) is 3.16. The van der Waals surface area contributed by atoms with Crippen LogP contribution in [0, 0.1) is 6.92 Å². The van der Waals surface area contributed by atoms with Gasteiger partial charge in [0.1, 0.15) is 5.65 Å². The minimum absolute atomic E-state index is 0.326. The fourth-order valence-electron chi connectivity index (χ4n) is 4.35. The number of amides is 1. The van der Waals surface area contributed by atoms with E-state index in [0.717, 1.165) is 30.1 Å². The molecule has 0 radical (unpaired) electrons. The molecule has 3 N–H and O–H groups in total. The highest BCUT2D eigenvalue weighted by Crippen LogP contribution is 2.36. The number of nitrogens with one attached hydrogen (secondary N) is 3. The molecule has 1 aliphatic rings. The summed E-state index contributed by atoms with van der Waals surface area (Å²) in [5.74, 6) is -0.327. The first kappa shape index (κ1) is 24.6. The Labute approximate surface area is 212 Å². The molecule has 1 fully saturated rings. The summed E-state index contributed by atoms with van der Waals surface area (Å²) in [4.78, 5) is 24.2. The van der Waals surface area contributed by atoms with Crippen molar-refractivity contribution in [2.75, 3.05) is 48.8 Å². The predicted molar refractivity (Wildman–Crippen MR) is 140 cm³/mol. The van der Waals surface area contributed by atoms with Crippen molar-refractivity contribution in [3.63, 3.8) is 0 Å². The number of hydrogen-bond acceptors (Lipinski definition) is 5. The van der Waals surface area contributed by atoms with Gasteiger partial charge < -0.3 is 25.4 Å². The van der Waals surface area contributed by atoms with Crippen molar-refractivity contribution in [3.05, 3.63) is 77.6 Å². The number of aromatic amines is 1. The van der Waals surface area contributed by atoms with Crippen LogP contribution in [0.3, 0.4) is 0 Å². The molecule has 3 heterocycles. The predicted octanol–water partition coefficient (Wildman–Crippen LogP) is 5.64. The van der Waals surface area contributed by atoms with Gasteiger partial charge in [0.25, 0.3) is 5.91 Å². The van der Waals surface area contributed by atoms with Crippen LogP contribution in [0.15, 0.2) is 60.9 Å². The van der Waals surface area contributed by atoms with E-state index in [9.17, 15) is 18.0 Å². The van der Waals surface area contributed by atoms with Crippen LogP contribution in [0.25, 0.3) is 11.0 Å². The fourth-order valence-corrected chi connectivity index (χ4v) is 4.35. The number of fused-ring (bicyclic) bond motifs is 1. The first-order valence-electron chi connectivity index (χ1n) is 11.9. The average molecular weight is 509 g/mol. The Bertz CT molecular complexity index is 1440. The van der Waals surface area contributed by atoms with E-state index in [1.807, 2.05) is 24.9 Å². The number of nitrogens with zero attached hydrogens (tertiary/aromatic N) is 3. The number of carbonyl (C=O) groups is 1. The summed E-state index contributed by atoms with van der Waals surface area (Å²) in [6, 6.07) is 12.9. The molecule has 37 heavy (non-hydrogen) atoms. The summed E-state index contributed by atoms with van der Waals surface area (Å²) in [5, 5.41) is 6.81. The van der Waals surface area contributed by atoms with Crippen LogP contribution in [0.1, 0.15) is 21.5 Å². The average Bonchev–Trinajstić information content (AvgIpc) is 3.34. The molecule has 10 heteroatoms.